The molecule has 1 N–H and O–H groups in total. The molecule has 2 aromatic heterocycles. The number of aromatic nitrogens is 2. The van der Waals surface area contributed by atoms with E-state index >= 15 is 0 Å². The van der Waals surface area contributed by atoms with E-state index in [-0.39, 0.29) is 5.56 Å². The fourth-order valence-corrected chi connectivity index (χ4v) is 3.64. The predicted octanol–water partition coefficient (Wildman–Crippen LogP) is 5.33. The Balaban J connectivity index is 1.64. The van der Waals surface area contributed by atoms with Gasteiger partial charge in [-0.15, -0.1) is 0 Å². The van der Waals surface area contributed by atoms with Crippen molar-refractivity contribution in [3.63, 3.8) is 0 Å². The maximum Gasteiger partial charge on any atom is 0.413 e. The highest BCUT2D eigenvalue weighted by molar-refractivity contribution is 5.85. The van der Waals surface area contributed by atoms with Crippen molar-refractivity contribution in [2.75, 3.05) is 12.4 Å². The number of benzene rings is 1. The molecule has 156 valence electrons. The van der Waals surface area contributed by atoms with Crippen LogP contribution in [0.5, 0.6) is 0 Å². The third-order valence-corrected chi connectivity index (χ3v) is 5.35. The van der Waals surface area contributed by atoms with E-state index in [0.717, 1.165) is 49.1 Å². The van der Waals surface area contributed by atoms with Gasteiger partial charge in [-0.05, 0) is 48.6 Å². The number of halogens is 3. The van der Waals surface area contributed by atoms with Crippen molar-refractivity contribution in [1.82, 2.24) is 14.9 Å². The number of fused-ring (bicyclic) bond motifs is 1. The van der Waals surface area contributed by atoms with Gasteiger partial charge in [0.25, 0.3) is 0 Å². The summed E-state index contributed by atoms with van der Waals surface area (Å²) >= 11 is 0. The molecule has 1 amide bonds. The highest BCUT2D eigenvalue weighted by Gasteiger charge is 2.44. The number of pyridine rings is 2. The van der Waals surface area contributed by atoms with Crippen LogP contribution in [-0.2, 0) is 4.79 Å². The first-order chi connectivity index (χ1) is 14.3. The van der Waals surface area contributed by atoms with Gasteiger partial charge in [0.1, 0.15) is 0 Å². The highest BCUT2D eigenvalue weighted by Crippen LogP contribution is 2.46. The molecular weight excluding hydrogens is 393 g/mol. The zero-order valence-electron chi connectivity index (χ0n) is 16.6. The van der Waals surface area contributed by atoms with Gasteiger partial charge in [0.2, 0.25) is 5.91 Å². The quantitative estimate of drug-likeness (QED) is 0.613. The van der Waals surface area contributed by atoms with Crippen LogP contribution in [0.4, 0.5) is 24.5 Å². The second-order valence-electron chi connectivity index (χ2n) is 7.55. The number of hydrogen-bond acceptors (Lipinski definition) is 4. The van der Waals surface area contributed by atoms with Crippen LogP contribution >= 0.6 is 0 Å². The van der Waals surface area contributed by atoms with E-state index in [2.05, 4.69) is 15.3 Å². The van der Waals surface area contributed by atoms with Gasteiger partial charge in [-0.2, -0.15) is 13.2 Å². The van der Waals surface area contributed by atoms with Crippen LogP contribution in [0, 0.1) is 0 Å². The van der Waals surface area contributed by atoms with Crippen molar-refractivity contribution in [2.24, 2.45) is 0 Å². The number of amides is 1. The van der Waals surface area contributed by atoms with Gasteiger partial charge < -0.3 is 10.2 Å². The monoisotopic (exact) mass is 414 g/mol. The van der Waals surface area contributed by atoms with Gasteiger partial charge in [0.05, 0.1) is 22.9 Å². The van der Waals surface area contributed by atoms with Crippen molar-refractivity contribution in [3.8, 4) is 0 Å². The molecule has 1 saturated carbocycles. The average molecular weight is 414 g/mol. The first-order valence-electron chi connectivity index (χ1n) is 9.66. The lowest BCUT2D eigenvalue weighted by Gasteiger charge is -2.29. The van der Waals surface area contributed by atoms with Crippen LogP contribution in [0.25, 0.3) is 11.0 Å². The lowest BCUT2D eigenvalue weighted by molar-refractivity contribution is -0.188. The number of alkyl halides is 3. The normalized spacial score (nSPS) is 15.1. The Labute approximate surface area is 171 Å². The molecule has 8 heteroatoms. The summed E-state index contributed by atoms with van der Waals surface area (Å²) in [5.41, 5.74) is 4.22. The van der Waals surface area contributed by atoms with Crippen LogP contribution in [0.1, 0.15) is 42.9 Å². The summed E-state index contributed by atoms with van der Waals surface area (Å²) in [5.74, 6) is -0.241. The molecule has 3 aromatic rings. The van der Waals surface area contributed by atoms with E-state index in [1.807, 2.05) is 12.1 Å². The molecule has 0 bridgehead atoms. The fraction of sp³-hybridized carbons (Fsp3) is 0.318. The largest absolute Gasteiger partial charge is 0.413 e. The van der Waals surface area contributed by atoms with Gasteiger partial charge >= 0.3 is 6.18 Å². The van der Waals surface area contributed by atoms with Crippen molar-refractivity contribution >= 4 is 28.3 Å². The van der Waals surface area contributed by atoms with Gasteiger partial charge in [0.15, 0.2) is 6.04 Å². The van der Waals surface area contributed by atoms with Crippen LogP contribution in [-0.4, -0.2) is 34.0 Å². The van der Waals surface area contributed by atoms with Crippen LogP contribution in [0.3, 0.4) is 0 Å². The second-order valence-corrected chi connectivity index (χ2v) is 7.55. The van der Waals surface area contributed by atoms with Gasteiger partial charge in [-0.3, -0.25) is 14.8 Å². The van der Waals surface area contributed by atoms with E-state index in [1.165, 1.54) is 12.1 Å². The number of carbonyl (C=O) groups is 1. The van der Waals surface area contributed by atoms with E-state index in [1.54, 1.807) is 24.5 Å². The Morgan fingerprint density at radius 3 is 2.47 bits per heavy atom. The maximum absolute atomic E-state index is 13.5. The number of rotatable bonds is 5. The lowest BCUT2D eigenvalue weighted by atomic mass is 10.0. The van der Waals surface area contributed by atoms with E-state index in [4.69, 9.17) is 0 Å². The van der Waals surface area contributed by atoms with Gasteiger partial charge in [-0.1, -0.05) is 12.1 Å². The summed E-state index contributed by atoms with van der Waals surface area (Å²) in [5, 5.41) is 3.28. The summed E-state index contributed by atoms with van der Waals surface area (Å²) in [6.07, 6.45) is 1.06. The number of anilines is 2. The molecule has 1 aliphatic carbocycles. The summed E-state index contributed by atoms with van der Waals surface area (Å²) in [7, 11) is 1.16. The highest BCUT2D eigenvalue weighted by atomic mass is 19.4. The standard InChI is InChI=1S/C22H21F3N4O/c1-13(30)29(2)21(22(23,24)25)15-7-9-16(10-8-15)28-18-12-27-17-4-3-11-26-20(17)19(18)14-5-6-14/h3-4,7-12,14,21,28H,5-6H2,1-2H3/t21-/m1/s1. The SMILES string of the molecule is CC(=O)N(C)[C@H](c1ccc(Nc2cnc3cccnc3c2C2CC2)cc1)C(F)(F)F. The Bertz CT molecular complexity index is 1080. The Hall–Kier alpha value is -3.16. The summed E-state index contributed by atoms with van der Waals surface area (Å²) in [6, 6.07) is 7.72. The third kappa shape index (κ3) is 3.94. The summed E-state index contributed by atoms with van der Waals surface area (Å²) in [4.78, 5) is 21.2. The van der Waals surface area contributed by atoms with Crippen molar-refractivity contribution in [3.05, 3.63) is 59.9 Å². The Morgan fingerprint density at radius 1 is 1.17 bits per heavy atom. The molecule has 1 fully saturated rings. The minimum Gasteiger partial charge on any atom is -0.354 e. The van der Waals surface area contributed by atoms with Crippen molar-refractivity contribution in [1.29, 1.82) is 0 Å². The minimum atomic E-state index is -4.57. The lowest BCUT2D eigenvalue weighted by Crippen LogP contribution is -2.38. The Kier molecular flexibility index (Phi) is 5.09. The van der Waals surface area contributed by atoms with Crippen LogP contribution in [0.15, 0.2) is 48.8 Å². The van der Waals surface area contributed by atoms with E-state index < -0.39 is 18.1 Å². The molecule has 0 spiro atoms. The van der Waals surface area contributed by atoms with E-state index in [9.17, 15) is 18.0 Å². The maximum atomic E-state index is 13.5. The van der Waals surface area contributed by atoms with E-state index in [0.29, 0.717) is 16.5 Å². The first kappa shape index (κ1) is 20.1. The van der Waals surface area contributed by atoms with Gasteiger partial charge in [0, 0.05) is 31.4 Å². The number of carbonyl (C=O) groups excluding carboxylic acids is 1. The number of nitrogens with one attached hydrogen (secondary N) is 1. The molecule has 0 aliphatic heterocycles. The average Bonchev–Trinajstić information content (AvgIpc) is 3.53. The molecule has 4 rings (SSSR count). The molecule has 5 nitrogen and oxygen atoms in total. The molecule has 0 radical (unpaired) electrons. The molecule has 30 heavy (non-hydrogen) atoms. The first-order valence-corrected chi connectivity index (χ1v) is 9.66. The molecule has 1 aliphatic rings. The zero-order valence-corrected chi connectivity index (χ0v) is 16.6. The van der Waals surface area contributed by atoms with Gasteiger partial charge in [-0.25, -0.2) is 0 Å². The summed E-state index contributed by atoms with van der Waals surface area (Å²) in [6.45, 7) is 1.12. The third-order valence-electron chi connectivity index (χ3n) is 5.35. The van der Waals surface area contributed by atoms with Crippen molar-refractivity contribution < 1.29 is 18.0 Å². The zero-order chi connectivity index (χ0) is 21.5. The predicted molar refractivity (Wildman–Crippen MR) is 108 cm³/mol. The van der Waals surface area contributed by atoms with Crippen LogP contribution in [0.2, 0.25) is 0 Å². The minimum absolute atomic E-state index is 0.00599. The molecule has 0 unspecified atom stereocenters. The van der Waals surface area contributed by atoms with Crippen LogP contribution < -0.4 is 5.32 Å². The molecule has 1 atom stereocenters. The topological polar surface area (TPSA) is 58.1 Å². The summed E-state index contributed by atoms with van der Waals surface area (Å²) < 4.78 is 40.6. The number of hydrogen-bond donors (Lipinski definition) is 1. The second kappa shape index (κ2) is 7.59. The molecule has 2 heterocycles. The smallest absolute Gasteiger partial charge is 0.354 e. The Morgan fingerprint density at radius 2 is 1.87 bits per heavy atom. The number of nitrogens with zero attached hydrogens (tertiary/aromatic N) is 3. The fourth-order valence-electron chi connectivity index (χ4n) is 3.64. The molecule has 1 aromatic carbocycles. The molecular formula is C22H21F3N4O. The van der Waals surface area contributed by atoms with Crippen molar-refractivity contribution in [2.45, 2.75) is 37.9 Å². The molecule has 0 saturated heterocycles.